The van der Waals surface area contributed by atoms with E-state index >= 15 is 0 Å². The number of aryl methyl sites for hydroxylation is 1. The number of ether oxygens (including phenoxy) is 1. The van der Waals surface area contributed by atoms with E-state index in [1.165, 1.54) is 4.31 Å². The molecule has 0 unspecified atom stereocenters. The fourth-order valence-corrected chi connectivity index (χ4v) is 7.54. The first-order chi connectivity index (χ1) is 23.2. The Hall–Kier alpha value is -3.60. The molecule has 0 radical (unpaired) electrons. The molecule has 3 aromatic rings. The molecular weight excluding hydrogens is 694 g/mol. The molecule has 1 heterocycles. The summed E-state index contributed by atoms with van der Waals surface area (Å²) in [4.78, 5) is 28.3. The van der Waals surface area contributed by atoms with Crippen molar-refractivity contribution in [2.24, 2.45) is 0 Å². The van der Waals surface area contributed by atoms with Gasteiger partial charge in [0.1, 0.15) is 0 Å². The van der Waals surface area contributed by atoms with Crippen LogP contribution in [0.4, 0.5) is 4.79 Å². The molecule has 49 heavy (non-hydrogen) atoms. The lowest BCUT2D eigenvalue weighted by Crippen LogP contribution is -2.39. The van der Waals surface area contributed by atoms with E-state index < -0.39 is 38.0 Å². The predicted octanol–water partition coefficient (Wildman–Crippen LogP) is 4.26. The first kappa shape index (κ1) is 39.8. The summed E-state index contributed by atoms with van der Waals surface area (Å²) in [5.74, 6) is -0.786. The van der Waals surface area contributed by atoms with Crippen molar-refractivity contribution in [3.63, 3.8) is 0 Å². The van der Waals surface area contributed by atoms with Gasteiger partial charge in [0.05, 0.1) is 23.9 Å². The van der Waals surface area contributed by atoms with E-state index in [0.717, 1.165) is 22.3 Å². The molecule has 0 aliphatic heterocycles. The minimum atomic E-state index is -4.15. The summed E-state index contributed by atoms with van der Waals surface area (Å²) in [6, 6.07) is 13.4. The van der Waals surface area contributed by atoms with Crippen LogP contribution in [0.5, 0.6) is 0 Å². The number of unbranched alkanes of at least 4 members (excludes halogenated alkanes) is 1. The maximum absolute atomic E-state index is 14.1. The van der Waals surface area contributed by atoms with Crippen LogP contribution in [-0.2, 0) is 29.7 Å². The third-order valence-electron chi connectivity index (χ3n) is 7.72. The number of carbonyl (C=O) groups is 2. The topological polar surface area (TPSA) is 184 Å². The summed E-state index contributed by atoms with van der Waals surface area (Å²) in [6.07, 6.45) is 4.60. The molecule has 16 heteroatoms. The number of hydrogen-bond donors (Lipinski definition) is 4. The molecular formula is C33H44ClN5O8S2. The van der Waals surface area contributed by atoms with Gasteiger partial charge in [0.2, 0.25) is 15.9 Å². The van der Waals surface area contributed by atoms with E-state index in [9.17, 15) is 26.4 Å². The molecule has 0 saturated carbocycles. The van der Waals surface area contributed by atoms with Crippen molar-refractivity contribution in [2.75, 3.05) is 45.1 Å². The third kappa shape index (κ3) is 12.7. The summed E-state index contributed by atoms with van der Waals surface area (Å²) >= 11 is 6.32. The maximum Gasteiger partial charge on any atom is 0.314 e. The van der Waals surface area contributed by atoms with Gasteiger partial charge in [-0.3, -0.25) is 14.3 Å². The first-order valence-electron chi connectivity index (χ1n) is 15.8. The molecule has 0 spiro atoms. The van der Waals surface area contributed by atoms with Crippen LogP contribution in [0.25, 0.3) is 11.1 Å². The van der Waals surface area contributed by atoms with Gasteiger partial charge in [-0.2, -0.15) is 12.7 Å². The molecule has 2 aromatic carbocycles. The number of hydrogen-bond acceptors (Lipinski definition) is 8. The monoisotopic (exact) mass is 737 g/mol. The van der Waals surface area contributed by atoms with Gasteiger partial charge in [0, 0.05) is 56.1 Å². The number of benzene rings is 2. The zero-order valence-electron chi connectivity index (χ0n) is 27.8. The largest absolute Gasteiger partial charge is 0.378 e. The fourth-order valence-electron chi connectivity index (χ4n) is 5.04. The average molecular weight is 738 g/mol. The number of nitrogens with one attached hydrogen (secondary N) is 3. The van der Waals surface area contributed by atoms with Crippen LogP contribution in [0.2, 0.25) is 5.02 Å². The van der Waals surface area contributed by atoms with Gasteiger partial charge in [-0.05, 0) is 85.7 Å². The standard InChI is InChI=1S/C33H44ClN5O8S2/c1-24-23-35-14-13-29(24)28-9-6-8-27(22-28)26(3)39(49(45,46)31-11-7-10-30(34)25(31)2)18-5-4-12-32(40)36-15-19-47-20-16-37-33(41)38-17-21-48(42,43)44/h6-11,13-14,22-23,26H,4-5,12,15-21H2,1-3H3,(H,36,40)(H2,37,38,41)(H,42,43,44)/t26-/m0/s1. The lowest BCUT2D eigenvalue weighted by Gasteiger charge is -2.30. The van der Waals surface area contributed by atoms with Gasteiger partial charge in [-0.15, -0.1) is 0 Å². The number of nitrogens with zero attached hydrogens (tertiary/aromatic N) is 2. The number of halogens is 1. The Labute approximate surface area is 293 Å². The molecule has 0 bridgehead atoms. The van der Waals surface area contributed by atoms with Gasteiger partial charge in [-0.1, -0.05) is 35.9 Å². The minimum Gasteiger partial charge on any atom is -0.378 e. The first-order valence-corrected chi connectivity index (χ1v) is 19.2. The molecule has 13 nitrogen and oxygen atoms in total. The normalized spacial score (nSPS) is 12.4. The molecule has 3 rings (SSSR count). The summed E-state index contributed by atoms with van der Waals surface area (Å²) in [5, 5.41) is 7.89. The Morgan fingerprint density at radius 1 is 0.959 bits per heavy atom. The lowest BCUT2D eigenvalue weighted by atomic mass is 9.98. The zero-order chi connectivity index (χ0) is 36.0. The quantitative estimate of drug-likeness (QED) is 0.103. The highest BCUT2D eigenvalue weighted by Gasteiger charge is 2.31. The lowest BCUT2D eigenvalue weighted by molar-refractivity contribution is -0.121. The zero-order valence-corrected chi connectivity index (χ0v) is 30.2. The SMILES string of the molecule is Cc1cnccc1-c1cccc([C@H](C)N(CCCCC(=O)NCCOCCNC(=O)NCCS(=O)(=O)O)S(=O)(=O)c2cccc(Cl)c2C)c1. The molecule has 0 saturated heterocycles. The van der Waals surface area contributed by atoms with Gasteiger partial charge in [0.25, 0.3) is 10.1 Å². The summed E-state index contributed by atoms with van der Waals surface area (Å²) in [5.41, 5.74) is 4.26. The molecule has 1 atom stereocenters. The predicted molar refractivity (Wildman–Crippen MR) is 188 cm³/mol. The molecule has 3 amide bonds. The Bertz CT molecular complexity index is 1790. The van der Waals surface area contributed by atoms with E-state index in [1.54, 1.807) is 37.5 Å². The number of carbonyl (C=O) groups excluding carboxylic acids is 2. The Morgan fingerprint density at radius 3 is 2.37 bits per heavy atom. The van der Waals surface area contributed by atoms with E-state index in [0.29, 0.717) is 23.4 Å². The van der Waals surface area contributed by atoms with Crippen molar-refractivity contribution < 1.29 is 35.7 Å². The highest BCUT2D eigenvalue weighted by molar-refractivity contribution is 7.89. The van der Waals surface area contributed by atoms with Gasteiger partial charge < -0.3 is 20.7 Å². The number of aromatic nitrogens is 1. The number of urea groups is 1. The van der Waals surface area contributed by atoms with Crippen molar-refractivity contribution in [2.45, 2.75) is 51.0 Å². The van der Waals surface area contributed by atoms with Gasteiger partial charge in [-0.25, -0.2) is 13.2 Å². The number of rotatable bonds is 19. The second kappa shape index (κ2) is 19.0. The fraction of sp³-hybridized carbons (Fsp3) is 0.424. The molecule has 0 aliphatic carbocycles. The maximum atomic E-state index is 14.1. The second-order valence-corrected chi connectivity index (χ2v) is 15.2. The highest BCUT2D eigenvalue weighted by Crippen LogP contribution is 2.33. The second-order valence-electron chi connectivity index (χ2n) is 11.4. The summed E-state index contributed by atoms with van der Waals surface area (Å²) in [7, 11) is -8.12. The van der Waals surface area contributed by atoms with E-state index in [2.05, 4.69) is 20.9 Å². The molecule has 268 valence electrons. The van der Waals surface area contributed by atoms with Gasteiger partial charge >= 0.3 is 6.03 Å². The molecule has 0 aliphatic rings. The van der Waals surface area contributed by atoms with Crippen LogP contribution < -0.4 is 16.0 Å². The van der Waals surface area contributed by atoms with Crippen molar-refractivity contribution in [1.82, 2.24) is 25.2 Å². The number of amides is 3. The van der Waals surface area contributed by atoms with Crippen LogP contribution in [-0.4, -0.2) is 87.8 Å². The van der Waals surface area contributed by atoms with Crippen LogP contribution in [0.15, 0.2) is 65.8 Å². The van der Waals surface area contributed by atoms with E-state index in [-0.39, 0.29) is 56.6 Å². The minimum absolute atomic E-state index is 0.138. The summed E-state index contributed by atoms with van der Waals surface area (Å²) in [6.45, 7) is 6.25. The molecule has 1 aromatic heterocycles. The smallest absolute Gasteiger partial charge is 0.314 e. The van der Waals surface area contributed by atoms with Crippen molar-refractivity contribution >= 4 is 43.7 Å². The Balaban J connectivity index is 1.54. The number of sulfonamides is 1. The summed E-state index contributed by atoms with van der Waals surface area (Å²) < 4.78 is 65.1. The van der Waals surface area contributed by atoms with Crippen LogP contribution in [0.1, 0.15) is 48.9 Å². The molecule has 0 fully saturated rings. The highest BCUT2D eigenvalue weighted by atomic mass is 35.5. The van der Waals surface area contributed by atoms with Crippen LogP contribution in [0.3, 0.4) is 0 Å². The average Bonchev–Trinajstić information content (AvgIpc) is 3.04. The van der Waals surface area contributed by atoms with Crippen molar-refractivity contribution in [3.05, 3.63) is 82.6 Å². The Kier molecular flexibility index (Phi) is 15.4. The van der Waals surface area contributed by atoms with Crippen molar-refractivity contribution in [1.29, 1.82) is 0 Å². The van der Waals surface area contributed by atoms with Crippen LogP contribution in [0, 0.1) is 13.8 Å². The van der Waals surface area contributed by atoms with E-state index in [4.69, 9.17) is 20.9 Å². The number of pyridine rings is 1. The molecule has 4 N–H and O–H groups in total. The van der Waals surface area contributed by atoms with Crippen molar-refractivity contribution in [3.8, 4) is 11.1 Å². The van der Waals surface area contributed by atoms with E-state index in [1.807, 2.05) is 44.2 Å². The van der Waals surface area contributed by atoms with Crippen LogP contribution >= 0.6 is 11.6 Å². The third-order valence-corrected chi connectivity index (χ3v) is 11.0. The Morgan fingerprint density at radius 2 is 1.65 bits per heavy atom. The van der Waals surface area contributed by atoms with Gasteiger partial charge in [0.15, 0.2) is 0 Å².